The molecule has 5 nitrogen and oxygen atoms in total. The lowest BCUT2D eigenvalue weighted by molar-refractivity contribution is 0.182. The van der Waals surface area contributed by atoms with Crippen molar-refractivity contribution in [1.29, 1.82) is 0 Å². The molecule has 96 valence electrons. The van der Waals surface area contributed by atoms with Gasteiger partial charge in [0.2, 0.25) is 0 Å². The first-order valence-corrected chi connectivity index (χ1v) is 5.97. The minimum absolute atomic E-state index is 0.230. The topological polar surface area (TPSA) is 46.8 Å². The Bertz CT molecular complexity index is 542. The fourth-order valence-electron chi connectivity index (χ4n) is 1.73. The molecule has 0 aliphatic rings. The van der Waals surface area contributed by atoms with Crippen LogP contribution in [0.1, 0.15) is 25.2 Å². The van der Waals surface area contributed by atoms with Gasteiger partial charge in [-0.15, -0.1) is 5.10 Å². The number of aryl methyl sites for hydroxylation is 1. The van der Waals surface area contributed by atoms with Gasteiger partial charge in [-0.05, 0) is 56.9 Å². The van der Waals surface area contributed by atoms with E-state index in [9.17, 15) is 0 Å². The van der Waals surface area contributed by atoms with Crippen molar-refractivity contribution in [2.75, 3.05) is 14.1 Å². The molecule has 2 aromatic rings. The minimum atomic E-state index is -0.230. The van der Waals surface area contributed by atoms with Crippen LogP contribution in [-0.4, -0.2) is 39.2 Å². The summed E-state index contributed by atoms with van der Waals surface area (Å²) in [5.41, 5.74) is 1.94. The zero-order chi connectivity index (χ0) is 13.3. The highest BCUT2D eigenvalue weighted by Crippen LogP contribution is 2.25. The summed E-state index contributed by atoms with van der Waals surface area (Å²) in [4.78, 5) is 2.10. The third-order valence-electron chi connectivity index (χ3n) is 3.48. The number of para-hydroxylation sites is 1. The molecular weight excluding hydrogens is 226 g/mol. The van der Waals surface area contributed by atoms with Crippen LogP contribution in [-0.2, 0) is 5.54 Å². The van der Waals surface area contributed by atoms with Gasteiger partial charge in [-0.25, -0.2) is 0 Å². The van der Waals surface area contributed by atoms with Crippen molar-refractivity contribution in [1.82, 2.24) is 25.1 Å². The summed E-state index contributed by atoms with van der Waals surface area (Å²) in [6.45, 7) is 6.27. The lowest BCUT2D eigenvalue weighted by atomic mass is 10.0. The van der Waals surface area contributed by atoms with E-state index in [0.29, 0.717) is 0 Å². The summed E-state index contributed by atoms with van der Waals surface area (Å²) in [6, 6.07) is 8.10. The zero-order valence-electron chi connectivity index (χ0n) is 11.5. The molecule has 0 aliphatic heterocycles. The van der Waals surface area contributed by atoms with Gasteiger partial charge in [0.15, 0.2) is 5.82 Å². The fourth-order valence-corrected chi connectivity index (χ4v) is 1.73. The van der Waals surface area contributed by atoms with Gasteiger partial charge in [0.1, 0.15) is 0 Å². The first kappa shape index (κ1) is 12.7. The van der Waals surface area contributed by atoms with Crippen molar-refractivity contribution in [3.8, 4) is 5.69 Å². The summed E-state index contributed by atoms with van der Waals surface area (Å²) in [5, 5.41) is 12.1. The predicted molar refractivity (Wildman–Crippen MR) is 70.6 cm³/mol. The van der Waals surface area contributed by atoms with Gasteiger partial charge < -0.3 is 0 Å². The first-order chi connectivity index (χ1) is 8.44. The maximum absolute atomic E-state index is 4.19. The molecule has 18 heavy (non-hydrogen) atoms. The number of hydrogen-bond acceptors (Lipinski definition) is 4. The van der Waals surface area contributed by atoms with Crippen molar-refractivity contribution in [3.05, 3.63) is 35.7 Å². The van der Waals surface area contributed by atoms with Crippen LogP contribution in [0.25, 0.3) is 5.69 Å². The van der Waals surface area contributed by atoms with E-state index in [0.717, 1.165) is 17.1 Å². The highest BCUT2D eigenvalue weighted by molar-refractivity contribution is 5.40. The average Bonchev–Trinajstić information content (AvgIpc) is 2.78. The molecule has 0 radical (unpaired) electrons. The Morgan fingerprint density at radius 2 is 1.83 bits per heavy atom. The smallest absolute Gasteiger partial charge is 0.176 e. The summed E-state index contributed by atoms with van der Waals surface area (Å²) in [6.07, 6.45) is 0. The van der Waals surface area contributed by atoms with Gasteiger partial charge >= 0.3 is 0 Å². The molecule has 0 N–H and O–H groups in total. The maximum Gasteiger partial charge on any atom is 0.176 e. The Hall–Kier alpha value is -1.75. The molecule has 2 rings (SSSR count). The number of nitrogens with zero attached hydrogens (tertiary/aromatic N) is 5. The summed E-state index contributed by atoms with van der Waals surface area (Å²) in [5.74, 6) is 0.835. The van der Waals surface area contributed by atoms with Gasteiger partial charge in [-0.3, -0.25) is 4.90 Å². The summed E-state index contributed by atoms with van der Waals surface area (Å²) >= 11 is 0. The lowest BCUT2D eigenvalue weighted by Gasteiger charge is -2.31. The molecule has 1 aromatic carbocycles. The van der Waals surface area contributed by atoms with Crippen LogP contribution in [0.5, 0.6) is 0 Å². The predicted octanol–water partition coefficient (Wildman–Crippen LogP) is 1.77. The number of benzene rings is 1. The van der Waals surface area contributed by atoms with E-state index in [1.54, 1.807) is 0 Å². The molecular formula is C13H19N5. The van der Waals surface area contributed by atoms with Gasteiger partial charge in [0.05, 0.1) is 11.2 Å². The van der Waals surface area contributed by atoms with Crippen LogP contribution in [0.15, 0.2) is 24.3 Å². The Morgan fingerprint density at radius 1 is 1.17 bits per heavy atom. The number of aromatic nitrogens is 4. The second kappa shape index (κ2) is 4.49. The third kappa shape index (κ3) is 2.01. The Labute approximate surface area is 107 Å². The SMILES string of the molecule is Cc1ccccc1-n1nnnc1C(C)(C)N(C)C. The van der Waals surface area contributed by atoms with Crippen molar-refractivity contribution >= 4 is 0 Å². The van der Waals surface area contributed by atoms with E-state index in [-0.39, 0.29) is 5.54 Å². The van der Waals surface area contributed by atoms with E-state index in [1.807, 2.05) is 37.0 Å². The van der Waals surface area contributed by atoms with Crippen LogP contribution in [0, 0.1) is 6.92 Å². The Morgan fingerprint density at radius 3 is 2.44 bits per heavy atom. The monoisotopic (exact) mass is 245 g/mol. The summed E-state index contributed by atoms with van der Waals surface area (Å²) < 4.78 is 1.81. The van der Waals surface area contributed by atoms with Gasteiger partial charge in [-0.2, -0.15) is 4.68 Å². The van der Waals surface area contributed by atoms with E-state index in [4.69, 9.17) is 0 Å². The van der Waals surface area contributed by atoms with Crippen molar-refractivity contribution in [2.24, 2.45) is 0 Å². The van der Waals surface area contributed by atoms with E-state index >= 15 is 0 Å². The van der Waals surface area contributed by atoms with E-state index in [1.165, 1.54) is 0 Å². The van der Waals surface area contributed by atoms with Crippen molar-refractivity contribution < 1.29 is 0 Å². The van der Waals surface area contributed by atoms with Crippen molar-refractivity contribution in [2.45, 2.75) is 26.3 Å². The largest absolute Gasteiger partial charge is 0.297 e. The first-order valence-electron chi connectivity index (χ1n) is 5.97. The van der Waals surface area contributed by atoms with Crippen LogP contribution >= 0.6 is 0 Å². The molecule has 1 aromatic heterocycles. The number of tetrazole rings is 1. The second-order valence-corrected chi connectivity index (χ2v) is 5.15. The quantitative estimate of drug-likeness (QED) is 0.826. The van der Waals surface area contributed by atoms with Gasteiger partial charge in [-0.1, -0.05) is 18.2 Å². The van der Waals surface area contributed by atoms with E-state index in [2.05, 4.69) is 47.3 Å². The average molecular weight is 245 g/mol. The number of rotatable bonds is 3. The van der Waals surface area contributed by atoms with Crippen LogP contribution in [0.3, 0.4) is 0 Å². The van der Waals surface area contributed by atoms with Crippen LogP contribution in [0.2, 0.25) is 0 Å². The molecule has 0 aliphatic carbocycles. The molecule has 0 saturated carbocycles. The summed E-state index contributed by atoms with van der Waals surface area (Å²) in [7, 11) is 4.05. The number of hydrogen-bond donors (Lipinski definition) is 0. The lowest BCUT2D eigenvalue weighted by Crippen LogP contribution is -2.38. The van der Waals surface area contributed by atoms with Crippen LogP contribution in [0.4, 0.5) is 0 Å². The van der Waals surface area contributed by atoms with Gasteiger partial charge in [0.25, 0.3) is 0 Å². The van der Waals surface area contributed by atoms with Crippen LogP contribution < -0.4 is 0 Å². The minimum Gasteiger partial charge on any atom is -0.297 e. The second-order valence-electron chi connectivity index (χ2n) is 5.15. The highest BCUT2D eigenvalue weighted by atomic mass is 15.6. The maximum atomic E-state index is 4.19. The van der Waals surface area contributed by atoms with Crippen molar-refractivity contribution in [3.63, 3.8) is 0 Å². The molecule has 0 spiro atoms. The normalized spacial score (nSPS) is 12.1. The molecule has 1 heterocycles. The zero-order valence-corrected chi connectivity index (χ0v) is 11.5. The Balaban J connectivity index is 2.56. The molecule has 0 amide bonds. The molecule has 5 heteroatoms. The molecule has 0 unspecified atom stereocenters. The van der Waals surface area contributed by atoms with Gasteiger partial charge in [0, 0.05) is 0 Å². The fraction of sp³-hybridized carbons (Fsp3) is 0.462. The molecule has 0 saturated heterocycles. The molecule has 0 fully saturated rings. The Kier molecular flexibility index (Phi) is 3.17. The third-order valence-corrected chi connectivity index (χ3v) is 3.48. The highest BCUT2D eigenvalue weighted by Gasteiger charge is 2.30. The molecule has 0 atom stereocenters. The van der Waals surface area contributed by atoms with E-state index < -0.39 is 0 Å². The molecule has 0 bridgehead atoms. The standard InChI is InChI=1S/C13H19N5/c1-10-8-6-7-9-11(10)18-12(14-15-16-18)13(2,3)17(4)5/h6-9H,1-5H3.